The second-order valence-electron chi connectivity index (χ2n) is 7.10. The first-order valence-corrected chi connectivity index (χ1v) is 11.1. The molecule has 1 heterocycles. The second-order valence-corrected chi connectivity index (χ2v) is 8.47. The fourth-order valence-electron chi connectivity index (χ4n) is 3.45. The Morgan fingerprint density at radius 3 is 2.32 bits per heavy atom. The van der Waals surface area contributed by atoms with Crippen LogP contribution in [0.15, 0.2) is 96.2 Å². The molecule has 152 valence electrons. The van der Waals surface area contributed by atoms with E-state index in [1.807, 2.05) is 41.0 Å². The predicted molar refractivity (Wildman–Crippen MR) is 125 cm³/mol. The summed E-state index contributed by atoms with van der Waals surface area (Å²) in [5.74, 6) is 1.14. The van der Waals surface area contributed by atoms with Crippen molar-refractivity contribution >= 4 is 34.1 Å². The van der Waals surface area contributed by atoms with Crippen LogP contribution in [0.2, 0.25) is 5.02 Å². The molecular formula is C25H17ClFN3S. The van der Waals surface area contributed by atoms with E-state index < -0.39 is 0 Å². The normalized spacial score (nSPS) is 11.2. The molecule has 0 saturated heterocycles. The molecule has 0 radical (unpaired) electrons. The van der Waals surface area contributed by atoms with Crippen LogP contribution in [0.3, 0.4) is 0 Å². The second kappa shape index (κ2) is 8.53. The lowest BCUT2D eigenvalue weighted by Crippen LogP contribution is -2.00. The van der Waals surface area contributed by atoms with Gasteiger partial charge in [0.2, 0.25) is 0 Å². The minimum Gasteiger partial charge on any atom is -0.270 e. The average Bonchev–Trinajstić information content (AvgIpc) is 3.22. The van der Waals surface area contributed by atoms with Crippen LogP contribution >= 0.6 is 23.4 Å². The van der Waals surface area contributed by atoms with Crippen molar-refractivity contribution in [1.82, 2.24) is 14.8 Å². The van der Waals surface area contributed by atoms with Crippen LogP contribution < -0.4 is 0 Å². The summed E-state index contributed by atoms with van der Waals surface area (Å²) in [5, 5.41) is 12.7. The van der Waals surface area contributed by atoms with Crippen molar-refractivity contribution < 1.29 is 4.39 Å². The standard InChI is InChI=1S/C25H17ClFN3S/c26-21-9-7-19(8-10-21)24-28-29-25(30(24)23-13-11-22(27)12-14-23)31-16-17-5-6-18-3-1-2-4-20(18)15-17/h1-15H,16H2. The molecule has 0 aliphatic heterocycles. The van der Waals surface area contributed by atoms with E-state index in [0.717, 1.165) is 22.2 Å². The first-order valence-electron chi connectivity index (χ1n) is 9.75. The highest BCUT2D eigenvalue weighted by Gasteiger charge is 2.16. The Morgan fingerprint density at radius 2 is 1.55 bits per heavy atom. The molecule has 0 fully saturated rings. The van der Waals surface area contributed by atoms with Crippen LogP contribution in [0.1, 0.15) is 5.56 Å². The number of aromatic nitrogens is 3. The van der Waals surface area contributed by atoms with Gasteiger partial charge in [-0.1, -0.05) is 65.8 Å². The number of halogens is 2. The smallest absolute Gasteiger partial charge is 0.196 e. The lowest BCUT2D eigenvalue weighted by atomic mass is 10.1. The number of hydrogen-bond donors (Lipinski definition) is 0. The molecule has 6 heteroatoms. The van der Waals surface area contributed by atoms with Gasteiger partial charge >= 0.3 is 0 Å². The van der Waals surface area contributed by atoms with Gasteiger partial charge in [-0.2, -0.15) is 0 Å². The van der Waals surface area contributed by atoms with E-state index in [9.17, 15) is 4.39 Å². The maximum atomic E-state index is 13.5. The van der Waals surface area contributed by atoms with Crippen molar-refractivity contribution in [3.63, 3.8) is 0 Å². The molecule has 0 bridgehead atoms. The van der Waals surface area contributed by atoms with Crippen LogP contribution in [0.25, 0.3) is 27.8 Å². The number of hydrogen-bond acceptors (Lipinski definition) is 3. The van der Waals surface area contributed by atoms with Crippen molar-refractivity contribution in [2.45, 2.75) is 10.9 Å². The third kappa shape index (κ3) is 4.20. The topological polar surface area (TPSA) is 30.7 Å². The third-order valence-electron chi connectivity index (χ3n) is 5.00. The zero-order chi connectivity index (χ0) is 21.2. The molecule has 0 N–H and O–H groups in total. The molecule has 0 amide bonds. The van der Waals surface area contributed by atoms with Crippen molar-refractivity contribution in [3.8, 4) is 17.1 Å². The molecule has 1 aromatic heterocycles. The van der Waals surface area contributed by atoms with Gasteiger partial charge in [-0.05, 0) is 64.9 Å². The van der Waals surface area contributed by atoms with E-state index in [1.165, 1.54) is 28.5 Å². The quantitative estimate of drug-likeness (QED) is 0.268. The maximum Gasteiger partial charge on any atom is 0.196 e. The highest BCUT2D eigenvalue weighted by atomic mass is 35.5. The summed E-state index contributed by atoms with van der Waals surface area (Å²) in [7, 11) is 0. The lowest BCUT2D eigenvalue weighted by molar-refractivity contribution is 0.627. The number of thioether (sulfide) groups is 1. The van der Waals surface area contributed by atoms with Gasteiger partial charge in [-0.25, -0.2) is 4.39 Å². The monoisotopic (exact) mass is 445 g/mol. The highest BCUT2D eigenvalue weighted by Crippen LogP contribution is 2.31. The number of fused-ring (bicyclic) bond motifs is 1. The average molecular weight is 446 g/mol. The van der Waals surface area contributed by atoms with Crippen molar-refractivity contribution in [1.29, 1.82) is 0 Å². The van der Waals surface area contributed by atoms with E-state index in [4.69, 9.17) is 11.6 Å². The largest absolute Gasteiger partial charge is 0.270 e. The van der Waals surface area contributed by atoms with E-state index in [1.54, 1.807) is 23.9 Å². The maximum absolute atomic E-state index is 13.5. The molecule has 0 aliphatic carbocycles. The molecule has 0 unspecified atom stereocenters. The van der Waals surface area contributed by atoms with Gasteiger partial charge in [-0.15, -0.1) is 10.2 Å². The number of benzene rings is 4. The molecule has 0 aliphatic rings. The summed E-state index contributed by atoms with van der Waals surface area (Å²) in [6.45, 7) is 0. The van der Waals surface area contributed by atoms with Gasteiger partial charge in [0.25, 0.3) is 0 Å². The first kappa shape index (κ1) is 19.8. The van der Waals surface area contributed by atoms with E-state index in [2.05, 4.69) is 40.5 Å². The zero-order valence-corrected chi connectivity index (χ0v) is 17.9. The van der Waals surface area contributed by atoms with Crippen molar-refractivity contribution in [2.24, 2.45) is 0 Å². The van der Waals surface area contributed by atoms with Crippen LogP contribution in [0.4, 0.5) is 4.39 Å². The van der Waals surface area contributed by atoms with Crippen molar-refractivity contribution in [3.05, 3.63) is 107 Å². The van der Waals surface area contributed by atoms with Gasteiger partial charge < -0.3 is 0 Å². The van der Waals surface area contributed by atoms with Crippen LogP contribution in [0.5, 0.6) is 0 Å². The highest BCUT2D eigenvalue weighted by molar-refractivity contribution is 7.98. The molecule has 5 rings (SSSR count). The SMILES string of the molecule is Fc1ccc(-n2c(SCc3ccc4ccccc4c3)nnc2-c2ccc(Cl)cc2)cc1. The minimum atomic E-state index is -0.282. The molecule has 5 aromatic rings. The summed E-state index contributed by atoms with van der Waals surface area (Å²) in [4.78, 5) is 0. The molecule has 31 heavy (non-hydrogen) atoms. The lowest BCUT2D eigenvalue weighted by Gasteiger charge is -2.11. The molecule has 4 aromatic carbocycles. The van der Waals surface area contributed by atoms with Gasteiger partial charge in [0.05, 0.1) is 0 Å². The summed E-state index contributed by atoms with van der Waals surface area (Å²) in [6, 6.07) is 28.6. The fourth-order valence-corrected chi connectivity index (χ4v) is 4.47. The fraction of sp³-hybridized carbons (Fsp3) is 0.0400. The molecular weight excluding hydrogens is 429 g/mol. The van der Waals surface area contributed by atoms with E-state index in [0.29, 0.717) is 10.8 Å². The summed E-state index contributed by atoms with van der Waals surface area (Å²) >= 11 is 7.64. The minimum absolute atomic E-state index is 0.282. The third-order valence-corrected chi connectivity index (χ3v) is 6.25. The Kier molecular flexibility index (Phi) is 5.45. The van der Waals surface area contributed by atoms with E-state index in [-0.39, 0.29) is 5.82 Å². The Hall–Kier alpha value is -3.15. The van der Waals surface area contributed by atoms with Crippen LogP contribution in [-0.4, -0.2) is 14.8 Å². The number of rotatable bonds is 5. The summed E-state index contributed by atoms with van der Waals surface area (Å²) in [6.07, 6.45) is 0. The van der Waals surface area contributed by atoms with Crippen LogP contribution in [0, 0.1) is 5.82 Å². The Balaban J connectivity index is 1.51. The summed E-state index contributed by atoms with van der Waals surface area (Å²) in [5.41, 5.74) is 2.89. The van der Waals surface area contributed by atoms with Gasteiger partial charge in [0, 0.05) is 22.0 Å². The molecule has 0 spiro atoms. The van der Waals surface area contributed by atoms with E-state index >= 15 is 0 Å². The van der Waals surface area contributed by atoms with Crippen molar-refractivity contribution in [2.75, 3.05) is 0 Å². The Morgan fingerprint density at radius 1 is 0.806 bits per heavy atom. The van der Waals surface area contributed by atoms with Gasteiger partial charge in [0.15, 0.2) is 11.0 Å². The molecule has 3 nitrogen and oxygen atoms in total. The zero-order valence-electron chi connectivity index (χ0n) is 16.4. The van der Waals surface area contributed by atoms with Gasteiger partial charge in [-0.3, -0.25) is 4.57 Å². The van der Waals surface area contributed by atoms with Gasteiger partial charge in [0.1, 0.15) is 5.82 Å². The Bertz CT molecular complexity index is 1350. The summed E-state index contributed by atoms with van der Waals surface area (Å²) < 4.78 is 15.5. The predicted octanol–water partition coefficient (Wildman–Crippen LogP) is 7.17. The number of nitrogens with zero attached hydrogens (tertiary/aromatic N) is 3. The molecule has 0 saturated carbocycles. The van der Waals surface area contributed by atoms with Crippen LogP contribution in [-0.2, 0) is 5.75 Å². The molecule has 0 atom stereocenters. The first-order chi connectivity index (χ1) is 15.2. The Labute approximate surface area is 188 Å².